The summed E-state index contributed by atoms with van der Waals surface area (Å²) in [5.41, 5.74) is 1.80. The molecule has 2 heterocycles. The van der Waals surface area contributed by atoms with Crippen LogP contribution in [0.5, 0.6) is 11.5 Å². The number of rotatable bonds is 4. The Labute approximate surface area is 164 Å². The summed E-state index contributed by atoms with van der Waals surface area (Å²) in [5.74, 6) is 1.48. The zero-order valence-electron chi connectivity index (χ0n) is 15.3. The molecule has 1 unspecified atom stereocenters. The number of carbonyl (C=O) groups excluding carboxylic acids is 1. The van der Waals surface area contributed by atoms with Crippen LogP contribution < -0.4 is 14.6 Å². The number of amides is 1. The number of likely N-dealkylation sites (tertiary alicyclic amines) is 1. The first-order valence-electron chi connectivity index (χ1n) is 9.22. The van der Waals surface area contributed by atoms with Crippen LogP contribution in [0, 0.1) is 0 Å². The van der Waals surface area contributed by atoms with Crippen LogP contribution in [0.15, 0.2) is 47.4 Å². The second-order valence-electron chi connectivity index (χ2n) is 7.01. The molecule has 1 saturated heterocycles. The summed E-state index contributed by atoms with van der Waals surface area (Å²) in [7, 11) is -3.73. The van der Waals surface area contributed by atoms with Gasteiger partial charge in [-0.25, -0.2) is 13.6 Å². The Balaban J connectivity index is 1.49. The van der Waals surface area contributed by atoms with Crippen LogP contribution >= 0.6 is 0 Å². The van der Waals surface area contributed by atoms with Crippen LogP contribution in [-0.4, -0.2) is 39.0 Å². The summed E-state index contributed by atoms with van der Waals surface area (Å²) in [6.45, 7) is 1.77. The van der Waals surface area contributed by atoms with E-state index >= 15 is 0 Å². The third-order valence-corrected chi connectivity index (χ3v) is 6.06. The van der Waals surface area contributed by atoms with Crippen molar-refractivity contribution in [2.75, 3.05) is 19.8 Å². The van der Waals surface area contributed by atoms with Gasteiger partial charge < -0.3 is 14.4 Å². The highest BCUT2D eigenvalue weighted by molar-refractivity contribution is 7.89. The maximum absolute atomic E-state index is 12.9. The first-order chi connectivity index (χ1) is 13.4. The predicted octanol–water partition coefficient (Wildman–Crippen LogP) is 2.01. The molecule has 1 fully saturated rings. The molecule has 1 atom stereocenters. The fraction of sp³-hybridized carbons (Fsp3) is 0.350. The average molecular weight is 402 g/mol. The Morgan fingerprint density at radius 2 is 1.79 bits per heavy atom. The van der Waals surface area contributed by atoms with Crippen LogP contribution in [0.4, 0.5) is 0 Å². The standard InChI is InChI=1S/C20H22N2O5S/c21-28(24,25)16-6-3-14(4-7-16)12-20(23)22-9-1-2-17(22)15-5-8-18-19(13-15)27-11-10-26-18/h3-8,13,17H,1-2,9-12H2,(H2,21,24,25). The number of fused-ring (bicyclic) bond motifs is 1. The van der Waals surface area contributed by atoms with E-state index in [9.17, 15) is 13.2 Å². The van der Waals surface area contributed by atoms with Crippen LogP contribution in [0.1, 0.15) is 30.0 Å². The Kier molecular flexibility index (Phi) is 4.99. The van der Waals surface area contributed by atoms with Crippen LogP contribution in [0.25, 0.3) is 0 Å². The van der Waals surface area contributed by atoms with Crippen LogP contribution in [0.2, 0.25) is 0 Å². The molecule has 2 aromatic rings. The van der Waals surface area contributed by atoms with Gasteiger partial charge in [-0.15, -0.1) is 0 Å². The highest BCUT2D eigenvalue weighted by Crippen LogP contribution is 2.38. The van der Waals surface area contributed by atoms with Crippen molar-refractivity contribution in [3.05, 3.63) is 53.6 Å². The van der Waals surface area contributed by atoms with Crippen molar-refractivity contribution < 1.29 is 22.7 Å². The van der Waals surface area contributed by atoms with Gasteiger partial charge in [0, 0.05) is 6.54 Å². The SMILES string of the molecule is NS(=O)(=O)c1ccc(CC(=O)N2CCCC2c2ccc3c(c2)OCCO3)cc1. The minimum Gasteiger partial charge on any atom is -0.486 e. The van der Waals surface area contributed by atoms with Crippen molar-refractivity contribution in [1.29, 1.82) is 0 Å². The molecule has 1 amide bonds. The van der Waals surface area contributed by atoms with E-state index in [1.165, 1.54) is 12.1 Å². The van der Waals surface area contributed by atoms with E-state index in [0.29, 0.717) is 19.8 Å². The molecule has 0 spiro atoms. The lowest BCUT2D eigenvalue weighted by atomic mass is 10.0. The molecule has 8 heteroatoms. The molecule has 2 aliphatic rings. The van der Waals surface area contributed by atoms with Gasteiger partial charge in [0.2, 0.25) is 15.9 Å². The fourth-order valence-electron chi connectivity index (χ4n) is 3.75. The van der Waals surface area contributed by atoms with E-state index in [1.54, 1.807) is 12.1 Å². The summed E-state index contributed by atoms with van der Waals surface area (Å²) >= 11 is 0. The molecule has 0 aliphatic carbocycles. The maximum Gasteiger partial charge on any atom is 0.238 e. The summed E-state index contributed by atoms with van der Waals surface area (Å²) in [5, 5.41) is 5.12. The van der Waals surface area contributed by atoms with Crippen LogP contribution in [0.3, 0.4) is 0 Å². The van der Waals surface area contributed by atoms with E-state index in [1.807, 2.05) is 23.1 Å². The quantitative estimate of drug-likeness (QED) is 0.843. The molecular weight excluding hydrogens is 380 g/mol. The second-order valence-corrected chi connectivity index (χ2v) is 8.58. The Morgan fingerprint density at radius 1 is 1.07 bits per heavy atom. The molecule has 4 rings (SSSR count). The number of sulfonamides is 1. The first kappa shape index (κ1) is 18.8. The Bertz CT molecular complexity index is 988. The lowest BCUT2D eigenvalue weighted by Gasteiger charge is -2.27. The Hall–Kier alpha value is -2.58. The number of primary sulfonamides is 1. The largest absolute Gasteiger partial charge is 0.486 e. The van der Waals surface area contributed by atoms with E-state index in [4.69, 9.17) is 14.6 Å². The monoisotopic (exact) mass is 402 g/mol. The second kappa shape index (κ2) is 7.44. The minimum atomic E-state index is -3.73. The molecule has 2 aliphatic heterocycles. The van der Waals surface area contributed by atoms with E-state index in [2.05, 4.69) is 0 Å². The number of ether oxygens (including phenoxy) is 2. The number of carbonyl (C=O) groups is 1. The van der Waals surface area contributed by atoms with E-state index in [0.717, 1.165) is 35.5 Å². The van der Waals surface area contributed by atoms with Gasteiger partial charge in [-0.05, 0) is 48.2 Å². The molecule has 7 nitrogen and oxygen atoms in total. The van der Waals surface area contributed by atoms with Gasteiger partial charge in [0.1, 0.15) is 13.2 Å². The molecule has 0 radical (unpaired) electrons. The third kappa shape index (κ3) is 3.83. The fourth-order valence-corrected chi connectivity index (χ4v) is 4.27. The van der Waals surface area contributed by atoms with Crippen LogP contribution in [-0.2, 0) is 21.2 Å². The topological polar surface area (TPSA) is 98.9 Å². The molecular formula is C20H22N2O5S. The first-order valence-corrected chi connectivity index (χ1v) is 10.8. The number of hydrogen-bond donors (Lipinski definition) is 1. The summed E-state index contributed by atoms with van der Waals surface area (Å²) in [6.07, 6.45) is 2.05. The maximum atomic E-state index is 12.9. The van der Waals surface area contributed by atoms with Gasteiger partial charge in [-0.3, -0.25) is 4.79 Å². The number of hydrogen-bond acceptors (Lipinski definition) is 5. The molecule has 148 valence electrons. The molecule has 2 aromatic carbocycles. The molecule has 28 heavy (non-hydrogen) atoms. The lowest BCUT2D eigenvalue weighted by molar-refractivity contribution is -0.131. The van der Waals surface area contributed by atoms with Crippen molar-refractivity contribution in [3.8, 4) is 11.5 Å². The van der Waals surface area contributed by atoms with Crippen molar-refractivity contribution in [2.45, 2.75) is 30.2 Å². The Morgan fingerprint density at radius 3 is 2.50 bits per heavy atom. The van der Waals surface area contributed by atoms with Crippen molar-refractivity contribution in [3.63, 3.8) is 0 Å². The van der Waals surface area contributed by atoms with E-state index in [-0.39, 0.29) is 23.3 Å². The van der Waals surface area contributed by atoms with Crippen molar-refractivity contribution in [2.24, 2.45) is 5.14 Å². The summed E-state index contributed by atoms with van der Waals surface area (Å²) in [6, 6.07) is 12.0. The highest BCUT2D eigenvalue weighted by atomic mass is 32.2. The van der Waals surface area contributed by atoms with Gasteiger partial charge in [0.05, 0.1) is 17.4 Å². The molecule has 0 bridgehead atoms. The van der Waals surface area contributed by atoms with Gasteiger partial charge >= 0.3 is 0 Å². The molecule has 0 saturated carbocycles. The van der Waals surface area contributed by atoms with Gasteiger partial charge in [0.15, 0.2) is 11.5 Å². The number of nitrogens with two attached hydrogens (primary N) is 1. The van der Waals surface area contributed by atoms with Crippen molar-refractivity contribution in [1.82, 2.24) is 4.90 Å². The van der Waals surface area contributed by atoms with Gasteiger partial charge in [0.25, 0.3) is 0 Å². The summed E-state index contributed by atoms with van der Waals surface area (Å²) in [4.78, 5) is 14.8. The molecule has 2 N–H and O–H groups in total. The third-order valence-electron chi connectivity index (χ3n) is 5.13. The van der Waals surface area contributed by atoms with E-state index < -0.39 is 10.0 Å². The van der Waals surface area contributed by atoms with Crippen molar-refractivity contribution >= 4 is 15.9 Å². The molecule has 0 aromatic heterocycles. The predicted molar refractivity (Wildman–Crippen MR) is 103 cm³/mol. The summed E-state index contributed by atoms with van der Waals surface area (Å²) < 4.78 is 34.0. The zero-order valence-corrected chi connectivity index (χ0v) is 16.2. The number of nitrogens with zero attached hydrogens (tertiary/aromatic N) is 1. The smallest absolute Gasteiger partial charge is 0.238 e. The van der Waals surface area contributed by atoms with Gasteiger partial charge in [-0.1, -0.05) is 18.2 Å². The normalized spacial score (nSPS) is 18.9. The minimum absolute atomic E-state index is 0.00650. The zero-order chi connectivity index (χ0) is 19.7. The number of benzene rings is 2. The average Bonchev–Trinajstić information content (AvgIpc) is 3.17. The lowest BCUT2D eigenvalue weighted by Crippen LogP contribution is -2.32. The van der Waals surface area contributed by atoms with Gasteiger partial charge in [-0.2, -0.15) is 0 Å². The highest BCUT2D eigenvalue weighted by Gasteiger charge is 2.30.